The van der Waals surface area contributed by atoms with Gasteiger partial charge in [0, 0.05) is 18.5 Å². The largest absolute Gasteiger partial charge is 0.382 e. The Balaban J connectivity index is 0.000000369. The van der Waals surface area contributed by atoms with Gasteiger partial charge in [-0.15, -0.1) is 10.2 Å². The van der Waals surface area contributed by atoms with Crippen LogP contribution in [0.5, 0.6) is 0 Å². The van der Waals surface area contributed by atoms with Crippen molar-refractivity contribution >= 4 is 33.1 Å². The van der Waals surface area contributed by atoms with Gasteiger partial charge in [0.05, 0.1) is 10.6 Å². The lowest BCUT2D eigenvalue weighted by atomic mass is 10.0. The molecule has 2 aromatic heterocycles. The van der Waals surface area contributed by atoms with Crippen molar-refractivity contribution in [2.24, 2.45) is 5.73 Å². The van der Waals surface area contributed by atoms with E-state index in [1.165, 1.54) is 62.9 Å². The highest BCUT2D eigenvalue weighted by molar-refractivity contribution is 7.90. The van der Waals surface area contributed by atoms with Crippen LogP contribution in [0.25, 0.3) is 0 Å². The van der Waals surface area contributed by atoms with E-state index in [-0.39, 0.29) is 22.1 Å². The monoisotopic (exact) mass is 392 g/mol. The number of hydrogen-bond donors (Lipinski definition) is 3. The van der Waals surface area contributed by atoms with Gasteiger partial charge in [-0.25, -0.2) is 13.4 Å². The van der Waals surface area contributed by atoms with Gasteiger partial charge in [-0.1, -0.05) is 38.5 Å². The zero-order valence-electron chi connectivity index (χ0n) is 15.2. The molecule has 0 aromatic carbocycles. The van der Waals surface area contributed by atoms with Crippen LogP contribution in [0.15, 0.2) is 29.3 Å². The molecule has 0 bridgehead atoms. The van der Waals surface area contributed by atoms with E-state index in [9.17, 15) is 13.2 Å². The molecule has 1 saturated carbocycles. The second-order valence-electron chi connectivity index (χ2n) is 6.29. The highest BCUT2D eigenvalue weighted by Gasteiger charge is 2.13. The number of nitrogens with zero attached hydrogens (tertiary/aromatic N) is 3. The summed E-state index contributed by atoms with van der Waals surface area (Å²) >= 11 is 0. The summed E-state index contributed by atoms with van der Waals surface area (Å²) in [6, 6.07) is 4.20. The number of rotatable bonds is 4. The van der Waals surface area contributed by atoms with Crippen LogP contribution in [0, 0.1) is 0 Å². The lowest BCUT2D eigenvalue weighted by molar-refractivity contribution is 0.0995. The van der Waals surface area contributed by atoms with Crippen molar-refractivity contribution in [1.29, 1.82) is 0 Å². The number of sulfone groups is 1. The molecule has 146 valence electrons. The molecule has 1 aliphatic carbocycles. The van der Waals surface area contributed by atoms with Gasteiger partial charge in [0.2, 0.25) is 0 Å². The summed E-state index contributed by atoms with van der Waals surface area (Å²) < 4.78 is 22.7. The fraction of sp³-hybridized carbons (Fsp3) is 0.412. The van der Waals surface area contributed by atoms with Crippen molar-refractivity contribution in [1.82, 2.24) is 15.2 Å². The molecule has 1 fully saturated rings. The molecule has 5 N–H and O–H groups in total. The van der Waals surface area contributed by atoms with Crippen LogP contribution in [-0.4, -0.2) is 35.8 Å². The Labute approximate surface area is 158 Å². The number of primary amides is 1. The third kappa shape index (κ3) is 6.48. The molecule has 10 heteroatoms. The Bertz CT molecular complexity index is 869. The molecule has 0 atom stereocenters. The number of carbonyl (C=O) groups excluding carboxylic acids is 1. The average Bonchev–Trinajstić information content (AvgIpc) is 2.63. The van der Waals surface area contributed by atoms with Gasteiger partial charge < -0.3 is 16.8 Å². The maximum absolute atomic E-state index is 11.3. The molecule has 1 amide bonds. The van der Waals surface area contributed by atoms with E-state index in [0.29, 0.717) is 5.82 Å². The Morgan fingerprint density at radius 1 is 1.07 bits per heavy atom. The minimum absolute atomic E-state index is 0.0792. The molecule has 1 aliphatic rings. The predicted octanol–water partition coefficient (Wildman–Crippen LogP) is 2.04. The first kappa shape index (κ1) is 20.6. The summed E-state index contributed by atoms with van der Waals surface area (Å²) in [6.45, 7) is 0. The molecular weight excluding hydrogens is 368 g/mol. The van der Waals surface area contributed by atoms with E-state index in [2.05, 4.69) is 20.5 Å². The Morgan fingerprint density at radius 2 is 1.67 bits per heavy atom. The minimum atomic E-state index is -3.33. The van der Waals surface area contributed by atoms with Crippen LogP contribution < -0.4 is 16.8 Å². The first-order valence-corrected chi connectivity index (χ1v) is 10.5. The third-order valence-electron chi connectivity index (χ3n) is 3.97. The molecule has 27 heavy (non-hydrogen) atoms. The van der Waals surface area contributed by atoms with Crippen molar-refractivity contribution in [3.63, 3.8) is 0 Å². The lowest BCUT2D eigenvalue weighted by Crippen LogP contribution is -2.17. The van der Waals surface area contributed by atoms with E-state index >= 15 is 0 Å². The van der Waals surface area contributed by atoms with Crippen molar-refractivity contribution in [3.8, 4) is 0 Å². The second-order valence-corrected chi connectivity index (χ2v) is 8.31. The highest BCUT2D eigenvalue weighted by atomic mass is 32.2. The van der Waals surface area contributed by atoms with Crippen LogP contribution in [0.2, 0.25) is 0 Å². The van der Waals surface area contributed by atoms with E-state index in [1.54, 1.807) is 0 Å². The molecular formula is C17H24N6O3S. The summed E-state index contributed by atoms with van der Waals surface area (Å²) in [7, 11) is -3.33. The summed E-state index contributed by atoms with van der Waals surface area (Å²) in [5, 5.41) is 9.92. The summed E-state index contributed by atoms with van der Waals surface area (Å²) in [5.41, 5.74) is 10.8. The number of carbonyl (C=O) groups is 1. The molecule has 0 spiro atoms. The predicted molar refractivity (Wildman–Crippen MR) is 103 cm³/mol. The van der Waals surface area contributed by atoms with E-state index in [0.717, 1.165) is 6.26 Å². The number of nitrogens with two attached hydrogens (primary N) is 2. The first-order chi connectivity index (χ1) is 12.8. The van der Waals surface area contributed by atoms with Crippen molar-refractivity contribution in [2.75, 3.05) is 17.3 Å². The topological polar surface area (TPSA) is 154 Å². The van der Waals surface area contributed by atoms with E-state index in [4.69, 9.17) is 11.5 Å². The van der Waals surface area contributed by atoms with E-state index in [1.807, 2.05) is 0 Å². The average molecular weight is 392 g/mol. The maximum atomic E-state index is 11.3. The van der Waals surface area contributed by atoms with Gasteiger partial charge in [-0.05, 0) is 12.1 Å². The molecule has 0 saturated heterocycles. The van der Waals surface area contributed by atoms with Crippen LogP contribution in [0.4, 0.5) is 17.3 Å². The number of anilines is 3. The van der Waals surface area contributed by atoms with Gasteiger partial charge in [0.1, 0.15) is 11.6 Å². The molecule has 0 aliphatic heterocycles. The molecule has 3 rings (SSSR count). The normalized spacial score (nSPS) is 14.0. The number of amides is 1. The van der Waals surface area contributed by atoms with Crippen molar-refractivity contribution in [3.05, 3.63) is 30.1 Å². The third-order valence-corrected chi connectivity index (χ3v) is 5.07. The van der Waals surface area contributed by atoms with Crippen LogP contribution >= 0.6 is 0 Å². The highest BCUT2D eigenvalue weighted by Crippen LogP contribution is 2.20. The number of pyridine rings is 1. The molecule has 0 radical (unpaired) electrons. The molecule has 0 unspecified atom stereocenters. The fourth-order valence-corrected chi connectivity index (χ4v) is 3.12. The van der Waals surface area contributed by atoms with E-state index < -0.39 is 15.7 Å². The first-order valence-electron chi connectivity index (χ1n) is 8.63. The van der Waals surface area contributed by atoms with Crippen molar-refractivity contribution in [2.45, 2.75) is 43.4 Å². The molecule has 9 nitrogen and oxygen atoms in total. The van der Waals surface area contributed by atoms with Crippen LogP contribution in [-0.2, 0) is 9.84 Å². The maximum Gasteiger partial charge on any atom is 0.271 e. The van der Waals surface area contributed by atoms with Gasteiger partial charge >= 0.3 is 0 Å². The number of hydrogen-bond acceptors (Lipinski definition) is 8. The number of nitrogen functional groups attached to an aromatic ring is 1. The SMILES string of the molecule is C1CCCCC1.CS(=O)(=O)c1ccc(Nc2cc(N)nnc2C(N)=O)nc1. The Hall–Kier alpha value is -2.75. The molecule has 2 aromatic rings. The van der Waals surface area contributed by atoms with Gasteiger partial charge in [0.25, 0.3) is 5.91 Å². The minimum Gasteiger partial charge on any atom is -0.382 e. The lowest BCUT2D eigenvalue weighted by Gasteiger charge is -2.09. The number of aromatic nitrogens is 3. The Morgan fingerprint density at radius 3 is 2.11 bits per heavy atom. The van der Waals surface area contributed by atoms with Gasteiger partial charge in [0.15, 0.2) is 15.5 Å². The van der Waals surface area contributed by atoms with Crippen LogP contribution in [0.3, 0.4) is 0 Å². The smallest absolute Gasteiger partial charge is 0.271 e. The number of nitrogens with one attached hydrogen (secondary N) is 1. The summed E-state index contributed by atoms with van der Waals surface area (Å²) in [6.07, 6.45) is 11.3. The van der Waals surface area contributed by atoms with Crippen LogP contribution in [0.1, 0.15) is 49.0 Å². The van der Waals surface area contributed by atoms with Gasteiger partial charge in [-0.2, -0.15) is 0 Å². The molecule has 2 heterocycles. The van der Waals surface area contributed by atoms with Gasteiger partial charge in [-0.3, -0.25) is 4.79 Å². The summed E-state index contributed by atoms with van der Waals surface area (Å²) in [4.78, 5) is 15.3. The standard InChI is InChI=1S/C11H12N6O3S.C6H12/c1-21(19,20)6-2-3-9(14-5-6)15-7-4-8(12)16-17-10(7)11(13)18;1-2-4-6-5-3-1/h2-5H,1H3,(H2,13,18)(H3,12,14,15,16);1-6H2. The second kappa shape index (κ2) is 9.26. The van der Waals surface area contributed by atoms with Crippen molar-refractivity contribution < 1.29 is 13.2 Å². The zero-order chi connectivity index (χ0) is 19.9. The summed E-state index contributed by atoms with van der Waals surface area (Å²) in [5.74, 6) is -0.384. The fourth-order valence-electron chi connectivity index (χ4n) is 2.56. The quantitative estimate of drug-likeness (QED) is 0.714. The zero-order valence-corrected chi connectivity index (χ0v) is 16.0. The Kier molecular flexibility index (Phi) is 7.05.